The van der Waals surface area contributed by atoms with Crippen LogP contribution in [0.4, 0.5) is 13.2 Å². The van der Waals surface area contributed by atoms with Crippen LogP contribution in [0, 0.1) is 12.5 Å². The molecule has 0 atom stereocenters. The fraction of sp³-hybridized carbons (Fsp3) is 0.667. The van der Waals surface area contributed by atoms with Crippen molar-refractivity contribution in [1.29, 1.82) is 0 Å². The van der Waals surface area contributed by atoms with Crippen molar-refractivity contribution >= 4 is 10.1 Å². The Balaban J connectivity index is 2.90. The highest BCUT2D eigenvalue weighted by Crippen LogP contribution is 2.35. The van der Waals surface area contributed by atoms with Crippen LogP contribution in [0.25, 0.3) is 4.85 Å². The van der Waals surface area contributed by atoms with E-state index in [1.165, 1.54) is 0 Å². The summed E-state index contributed by atoms with van der Waals surface area (Å²) >= 11 is 0. The van der Waals surface area contributed by atoms with Crippen molar-refractivity contribution in [2.45, 2.75) is 31.2 Å². The molecule has 1 rings (SSSR count). The van der Waals surface area contributed by atoms with E-state index in [4.69, 9.17) is 6.57 Å². The lowest BCUT2D eigenvalue weighted by molar-refractivity contribution is -0.0526. The van der Waals surface area contributed by atoms with Gasteiger partial charge in [-0.25, -0.2) is 4.85 Å². The van der Waals surface area contributed by atoms with Crippen molar-refractivity contribution in [3.05, 3.63) is 23.4 Å². The molecule has 0 aliphatic heterocycles. The first-order valence-corrected chi connectivity index (χ1v) is 6.26. The molecule has 17 heavy (non-hydrogen) atoms. The lowest BCUT2D eigenvalue weighted by atomic mass is 10.1. The molecule has 0 aromatic heterocycles. The Hall–Kier alpha value is -1.23. The summed E-state index contributed by atoms with van der Waals surface area (Å²) in [7, 11) is -5.67. The summed E-state index contributed by atoms with van der Waals surface area (Å²) in [6, 6.07) is 0. The van der Waals surface area contributed by atoms with Crippen molar-refractivity contribution in [2.75, 3.05) is 0 Å². The molecule has 0 aromatic carbocycles. The van der Waals surface area contributed by atoms with E-state index in [0.717, 1.165) is 12.8 Å². The Labute approximate surface area is 97.0 Å². The van der Waals surface area contributed by atoms with Crippen LogP contribution >= 0.6 is 0 Å². The van der Waals surface area contributed by atoms with Crippen molar-refractivity contribution in [2.24, 2.45) is 5.92 Å². The molecule has 0 heterocycles. The molecule has 0 radical (unpaired) electrons. The summed E-state index contributed by atoms with van der Waals surface area (Å²) in [5.41, 5.74) is -5.47. The van der Waals surface area contributed by atoms with Gasteiger partial charge in [0.25, 0.3) is 0 Å². The average molecular weight is 269 g/mol. The van der Waals surface area contributed by atoms with Gasteiger partial charge in [0.2, 0.25) is 0 Å². The van der Waals surface area contributed by atoms with Crippen LogP contribution in [0.3, 0.4) is 0 Å². The number of rotatable bonds is 3. The van der Waals surface area contributed by atoms with Crippen molar-refractivity contribution in [1.82, 2.24) is 0 Å². The number of alkyl halides is 3. The average Bonchev–Trinajstić information content (AvgIpc) is 2.67. The smallest absolute Gasteiger partial charge is 0.393 e. The molecule has 0 saturated heterocycles. The number of allylic oxidation sites excluding steroid dienone is 1. The lowest BCUT2D eigenvalue weighted by Gasteiger charge is -2.16. The van der Waals surface area contributed by atoms with Crippen LogP contribution < -0.4 is 0 Å². The van der Waals surface area contributed by atoms with Gasteiger partial charge >= 0.3 is 15.6 Å². The van der Waals surface area contributed by atoms with Crippen LogP contribution in [0.2, 0.25) is 0 Å². The van der Waals surface area contributed by atoms with Gasteiger partial charge in [-0.15, -0.1) is 0 Å². The first kappa shape index (κ1) is 13.8. The fourth-order valence-corrected chi connectivity index (χ4v) is 2.17. The minimum Gasteiger partial charge on any atom is -0.393 e. The fourth-order valence-electron chi connectivity index (χ4n) is 1.64. The molecule has 8 heteroatoms. The molecule has 0 amide bonds. The maximum Gasteiger partial charge on any atom is 0.534 e. The number of halogens is 3. The van der Waals surface area contributed by atoms with Crippen LogP contribution in [0.1, 0.15) is 25.7 Å². The van der Waals surface area contributed by atoms with Gasteiger partial charge in [-0.3, -0.25) is 0 Å². The highest BCUT2D eigenvalue weighted by molar-refractivity contribution is 7.87. The van der Waals surface area contributed by atoms with E-state index < -0.39 is 27.3 Å². The third-order valence-electron chi connectivity index (χ3n) is 2.44. The number of hydrogen-bond acceptors (Lipinski definition) is 3. The third kappa shape index (κ3) is 3.36. The molecule has 0 bridgehead atoms. The van der Waals surface area contributed by atoms with Crippen molar-refractivity contribution in [3.8, 4) is 0 Å². The van der Waals surface area contributed by atoms with Crippen LogP contribution in [0.15, 0.2) is 12.0 Å². The number of hydrogen-bond donors (Lipinski definition) is 0. The molecule has 1 aliphatic carbocycles. The van der Waals surface area contributed by atoms with Gasteiger partial charge in [0.05, 0.1) is 6.57 Å². The Morgan fingerprint density at radius 2 is 1.88 bits per heavy atom. The maximum absolute atomic E-state index is 12.1. The third-order valence-corrected chi connectivity index (χ3v) is 3.42. The topological polar surface area (TPSA) is 47.7 Å². The zero-order valence-electron chi connectivity index (χ0n) is 8.70. The normalized spacial score (nSPS) is 19.1. The Morgan fingerprint density at radius 1 is 1.35 bits per heavy atom. The summed E-state index contributed by atoms with van der Waals surface area (Å²) in [6.07, 6.45) is 3.35. The molecule has 96 valence electrons. The predicted octanol–water partition coefficient (Wildman–Crippen LogP) is 2.80. The summed E-state index contributed by atoms with van der Waals surface area (Å²) in [4.78, 5) is 2.78. The molecule has 0 spiro atoms. The molecule has 1 aliphatic rings. The van der Waals surface area contributed by atoms with E-state index in [0.29, 0.717) is 19.0 Å². The first-order chi connectivity index (χ1) is 7.78. The van der Waals surface area contributed by atoms with Crippen molar-refractivity contribution < 1.29 is 25.8 Å². The Bertz CT molecular complexity index is 441. The quantitative estimate of drug-likeness (QED) is 0.342. The van der Waals surface area contributed by atoms with Gasteiger partial charge in [0.1, 0.15) is 5.76 Å². The van der Waals surface area contributed by atoms with E-state index in [9.17, 15) is 21.6 Å². The SMILES string of the molecule is [C-]#[N+]/C=C(/OS(=O)(=O)C(F)(F)F)C1CCCC1. The summed E-state index contributed by atoms with van der Waals surface area (Å²) in [5.74, 6) is -0.823. The largest absolute Gasteiger partial charge is 0.534 e. The van der Waals surface area contributed by atoms with E-state index in [2.05, 4.69) is 9.03 Å². The molecular formula is C9H10F3NO3S. The molecule has 0 unspecified atom stereocenters. The Kier molecular flexibility index (Phi) is 4.03. The van der Waals surface area contributed by atoms with Gasteiger partial charge in [-0.1, -0.05) is 12.8 Å². The van der Waals surface area contributed by atoms with Gasteiger partial charge in [-0.05, 0) is 12.8 Å². The van der Waals surface area contributed by atoms with Gasteiger partial charge in [-0.2, -0.15) is 21.6 Å². The second-order valence-electron chi connectivity index (χ2n) is 3.63. The van der Waals surface area contributed by atoms with Crippen molar-refractivity contribution in [3.63, 3.8) is 0 Å². The standard InChI is InChI=1S/C9H10F3NO3S/c1-13-6-8(7-4-2-3-5-7)16-17(14,15)9(10,11)12/h6-7H,2-5H2/b8-6+. The molecular weight excluding hydrogens is 259 g/mol. The molecule has 4 nitrogen and oxygen atoms in total. The minimum absolute atomic E-state index is 0.408. The molecule has 1 saturated carbocycles. The summed E-state index contributed by atoms with van der Waals surface area (Å²) in [5, 5.41) is 0. The van der Waals surface area contributed by atoms with Gasteiger partial charge < -0.3 is 4.18 Å². The zero-order valence-corrected chi connectivity index (χ0v) is 9.51. The molecule has 1 fully saturated rings. The summed E-state index contributed by atoms with van der Waals surface area (Å²) in [6.45, 7) is 6.55. The lowest BCUT2D eigenvalue weighted by Crippen LogP contribution is -2.26. The monoisotopic (exact) mass is 269 g/mol. The van der Waals surface area contributed by atoms with Gasteiger partial charge in [0.15, 0.2) is 6.20 Å². The maximum atomic E-state index is 12.1. The second-order valence-corrected chi connectivity index (χ2v) is 5.16. The van der Waals surface area contributed by atoms with E-state index in [1.54, 1.807) is 0 Å². The minimum atomic E-state index is -5.67. The predicted molar refractivity (Wildman–Crippen MR) is 52.7 cm³/mol. The molecule has 0 N–H and O–H groups in total. The van der Waals surface area contributed by atoms with Gasteiger partial charge in [0, 0.05) is 5.92 Å². The van der Waals surface area contributed by atoms with E-state index in [1.807, 2.05) is 0 Å². The Morgan fingerprint density at radius 3 is 2.29 bits per heavy atom. The highest BCUT2D eigenvalue weighted by atomic mass is 32.2. The zero-order chi connectivity index (χ0) is 13.1. The molecule has 0 aromatic rings. The first-order valence-electron chi connectivity index (χ1n) is 4.85. The number of nitrogens with zero attached hydrogens (tertiary/aromatic N) is 1. The summed E-state index contributed by atoms with van der Waals surface area (Å²) < 4.78 is 61.9. The van der Waals surface area contributed by atoms with E-state index >= 15 is 0 Å². The van der Waals surface area contributed by atoms with Crippen LogP contribution in [0.5, 0.6) is 0 Å². The second kappa shape index (κ2) is 4.96. The van der Waals surface area contributed by atoms with E-state index in [-0.39, 0.29) is 0 Å². The van der Waals surface area contributed by atoms with Crippen LogP contribution in [-0.4, -0.2) is 13.9 Å². The highest BCUT2D eigenvalue weighted by Gasteiger charge is 2.49. The van der Waals surface area contributed by atoms with Crippen LogP contribution in [-0.2, 0) is 14.3 Å².